The van der Waals surface area contributed by atoms with E-state index in [9.17, 15) is 9.59 Å². The Morgan fingerprint density at radius 3 is 2.25 bits per heavy atom. The number of hydrogen-bond acceptors (Lipinski definition) is 3. The number of carboxylic acid groups (broad SMARTS) is 1. The van der Waals surface area contributed by atoms with E-state index in [0.29, 0.717) is 12.8 Å². The zero-order valence-corrected chi connectivity index (χ0v) is 7.26. The second-order valence-electron chi connectivity index (χ2n) is 2.52. The molecule has 0 saturated carbocycles. The van der Waals surface area contributed by atoms with E-state index in [-0.39, 0.29) is 17.1 Å². The molecule has 0 spiro atoms. The van der Waals surface area contributed by atoms with Crippen LogP contribution in [0, 0.1) is 0 Å². The Kier molecular flexibility index (Phi) is 4.04. The fraction of sp³-hybridized carbons (Fsp3) is 0.500. The molecule has 0 rings (SSSR count). The highest BCUT2D eigenvalue weighted by Crippen LogP contribution is 2.03. The maximum absolute atomic E-state index is 11.0. The normalized spacial score (nSPS) is 12.2. The molecule has 0 bridgehead atoms. The van der Waals surface area contributed by atoms with E-state index in [1.807, 2.05) is 6.92 Å². The van der Waals surface area contributed by atoms with E-state index in [2.05, 4.69) is 0 Å². The Labute approximate surface area is 71.1 Å². The lowest BCUT2D eigenvalue weighted by Crippen LogP contribution is -2.16. The molecule has 12 heavy (non-hydrogen) atoms. The number of hydrogen-bond donors (Lipinski definition) is 2. The molecule has 68 valence electrons. The third kappa shape index (κ3) is 2.74. The average molecular weight is 171 g/mol. The zero-order valence-electron chi connectivity index (χ0n) is 7.26. The predicted octanol–water partition coefficient (Wildman–Crippen LogP) is 0.673. The van der Waals surface area contributed by atoms with Gasteiger partial charge in [-0.25, -0.2) is 4.79 Å². The molecule has 0 unspecified atom stereocenters. The lowest BCUT2D eigenvalue weighted by atomic mass is 10.1. The first-order valence-electron chi connectivity index (χ1n) is 3.73. The molecule has 0 aromatic rings. The van der Waals surface area contributed by atoms with Gasteiger partial charge in [0, 0.05) is 6.42 Å². The van der Waals surface area contributed by atoms with E-state index >= 15 is 0 Å². The molecule has 3 N–H and O–H groups in total. The van der Waals surface area contributed by atoms with Crippen LogP contribution in [0.3, 0.4) is 0 Å². The van der Waals surface area contributed by atoms with Crippen LogP contribution < -0.4 is 5.73 Å². The highest BCUT2D eigenvalue weighted by atomic mass is 16.4. The summed E-state index contributed by atoms with van der Waals surface area (Å²) in [6.45, 7) is 3.16. The molecule has 0 heterocycles. The Hall–Kier alpha value is -1.32. The van der Waals surface area contributed by atoms with Crippen LogP contribution in [0.2, 0.25) is 0 Å². The maximum Gasteiger partial charge on any atom is 0.333 e. The van der Waals surface area contributed by atoms with Crippen LogP contribution in [0.5, 0.6) is 0 Å². The molecule has 0 aliphatic heterocycles. The monoisotopic (exact) mass is 171 g/mol. The van der Waals surface area contributed by atoms with E-state index < -0.39 is 5.97 Å². The van der Waals surface area contributed by atoms with Crippen molar-refractivity contribution < 1.29 is 14.7 Å². The van der Waals surface area contributed by atoms with Gasteiger partial charge in [-0.2, -0.15) is 0 Å². The van der Waals surface area contributed by atoms with Gasteiger partial charge < -0.3 is 10.8 Å². The molecule has 0 aliphatic rings. The van der Waals surface area contributed by atoms with Gasteiger partial charge in [-0.15, -0.1) is 0 Å². The predicted molar refractivity (Wildman–Crippen MR) is 44.4 cm³/mol. The quantitative estimate of drug-likeness (QED) is 0.609. The minimum atomic E-state index is -1.14. The van der Waals surface area contributed by atoms with Crippen LogP contribution in [0.4, 0.5) is 0 Å². The van der Waals surface area contributed by atoms with E-state index in [0.717, 1.165) is 0 Å². The summed E-state index contributed by atoms with van der Waals surface area (Å²) in [5.41, 5.74) is 5.09. The van der Waals surface area contributed by atoms with Crippen LogP contribution in [-0.2, 0) is 9.59 Å². The summed E-state index contributed by atoms with van der Waals surface area (Å²) in [6, 6.07) is 0. The molecular formula is C8H13NO3. The largest absolute Gasteiger partial charge is 0.478 e. The second kappa shape index (κ2) is 4.54. The standard InChI is InChI=1S/C8H13NO3/c1-3-4-6(10)7(9)5(2)8(11)12/h3-4,9H2,1-2H3,(H,11,12). The van der Waals surface area contributed by atoms with Gasteiger partial charge in [0.15, 0.2) is 5.78 Å². The number of rotatable bonds is 4. The maximum atomic E-state index is 11.0. The summed E-state index contributed by atoms with van der Waals surface area (Å²) in [5.74, 6) is -1.44. The molecule has 0 amide bonds. The molecule has 0 radical (unpaired) electrons. The van der Waals surface area contributed by atoms with Crippen molar-refractivity contribution in [2.75, 3.05) is 0 Å². The molecule has 0 saturated heterocycles. The van der Waals surface area contributed by atoms with Crippen molar-refractivity contribution in [3.05, 3.63) is 11.3 Å². The number of Topliss-reactive ketones (excluding diaryl/α,β-unsaturated/α-hetero) is 1. The second-order valence-corrected chi connectivity index (χ2v) is 2.52. The van der Waals surface area contributed by atoms with E-state index in [1.165, 1.54) is 6.92 Å². The van der Waals surface area contributed by atoms with Gasteiger partial charge in [-0.3, -0.25) is 4.79 Å². The zero-order chi connectivity index (χ0) is 9.72. The Morgan fingerprint density at radius 1 is 1.42 bits per heavy atom. The van der Waals surface area contributed by atoms with Gasteiger partial charge >= 0.3 is 5.97 Å². The first-order valence-corrected chi connectivity index (χ1v) is 3.73. The summed E-state index contributed by atoms with van der Waals surface area (Å²) in [4.78, 5) is 21.4. The molecule has 4 nitrogen and oxygen atoms in total. The van der Waals surface area contributed by atoms with Crippen molar-refractivity contribution in [3.63, 3.8) is 0 Å². The molecule has 4 heteroatoms. The van der Waals surface area contributed by atoms with Gasteiger partial charge in [0.2, 0.25) is 0 Å². The summed E-state index contributed by atoms with van der Waals surface area (Å²) in [7, 11) is 0. The first kappa shape index (κ1) is 10.7. The number of allylic oxidation sites excluding steroid dienone is 1. The fourth-order valence-electron chi connectivity index (χ4n) is 0.686. The number of ketones is 1. The topological polar surface area (TPSA) is 80.4 Å². The molecule has 0 aromatic carbocycles. The van der Waals surface area contributed by atoms with Crippen LogP contribution in [0.15, 0.2) is 11.3 Å². The highest BCUT2D eigenvalue weighted by molar-refractivity contribution is 6.02. The SMILES string of the molecule is CCCC(=O)C(N)=C(C)C(=O)O. The van der Waals surface area contributed by atoms with Gasteiger partial charge in [0.25, 0.3) is 0 Å². The summed E-state index contributed by atoms with van der Waals surface area (Å²) in [5, 5.41) is 8.48. The average Bonchev–Trinajstić information content (AvgIpc) is 2.02. The third-order valence-corrected chi connectivity index (χ3v) is 1.50. The summed E-state index contributed by atoms with van der Waals surface area (Å²) >= 11 is 0. The van der Waals surface area contributed by atoms with Gasteiger partial charge in [-0.1, -0.05) is 6.92 Å². The Morgan fingerprint density at radius 2 is 1.92 bits per heavy atom. The lowest BCUT2D eigenvalue weighted by Gasteiger charge is -2.00. The van der Waals surface area contributed by atoms with Crippen molar-refractivity contribution in [1.82, 2.24) is 0 Å². The molecule has 0 fully saturated rings. The summed E-state index contributed by atoms with van der Waals surface area (Å²) in [6.07, 6.45) is 0.975. The van der Waals surface area contributed by atoms with Gasteiger partial charge in [0.05, 0.1) is 11.3 Å². The Bertz CT molecular complexity index is 230. The van der Waals surface area contributed by atoms with Gasteiger partial charge in [-0.05, 0) is 13.3 Å². The number of aliphatic carboxylic acids is 1. The van der Waals surface area contributed by atoms with Crippen molar-refractivity contribution in [2.45, 2.75) is 26.7 Å². The molecule has 0 aliphatic carbocycles. The van der Waals surface area contributed by atoms with Crippen molar-refractivity contribution in [2.24, 2.45) is 5.73 Å². The Balaban J connectivity index is 4.55. The number of carbonyl (C=O) groups is 2. The highest BCUT2D eigenvalue weighted by Gasteiger charge is 2.12. The minimum absolute atomic E-state index is 0.0755. The molecule has 0 atom stereocenters. The smallest absolute Gasteiger partial charge is 0.333 e. The third-order valence-electron chi connectivity index (χ3n) is 1.50. The van der Waals surface area contributed by atoms with E-state index in [1.54, 1.807) is 0 Å². The van der Waals surface area contributed by atoms with Crippen molar-refractivity contribution in [3.8, 4) is 0 Å². The number of carbonyl (C=O) groups excluding carboxylic acids is 1. The number of carboxylic acids is 1. The summed E-state index contributed by atoms with van der Waals surface area (Å²) < 4.78 is 0. The first-order chi connectivity index (χ1) is 5.50. The molecule has 0 aromatic heterocycles. The van der Waals surface area contributed by atoms with Crippen LogP contribution >= 0.6 is 0 Å². The minimum Gasteiger partial charge on any atom is -0.478 e. The van der Waals surface area contributed by atoms with Crippen LogP contribution in [-0.4, -0.2) is 16.9 Å². The lowest BCUT2D eigenvalue weighted by molar-refractivity contribution is -0.133. The molecular weight excluding hydrogens is 158 g/mol. The van der Waals surface area contributed by atoms with Crippen molar-refractivity contribution >= 4 is 11.8 Å². The van der Waals surface area contributed by atoms with E-state index in [4.69, 9.17) is 10.8 Å². The van der Waals surface area contributed by atoms with Crippen molar-refractivity contribution in [1.29, 1.82) is 0 Å². The fourth-order valence-corrected chi connectivity index (χ4v) is 0.686. The van der Waals surface area contributed by atoms with Gasteiger partial charge in [0.1, 0.15) is 0 Å². The number of nitrogens with two attached hydrogens (primary N) is 1. The van der Waals surface area contributed by atoms with Crippen LogP contribution in [0.1, 0.15) is 26.7 Å². The van der Waals surface area contributed by atoms with Crippen LogP contribution in [0.25, 0.3) is 0 Å².